The van der Waals surface area contributed by atoms with Crippen LogP contribution in [0.1, 0.15) is 25.7 Å². The molecular weight excluding hydrogens is 456 g/mol. The molecule has 0 spiro atoms. The molecular formula is C17H27FIN3O2S. The number of carbonyl (C=O) groups is 1. The summed E-state index contributed by atoms with van der Waals surface area (Å²) in [6, 6.07) is 6.55. The number of esters is 1. The van der Waals surface area contributed by atoms with Gasteiger partial charge in [-0.25, -0.2) is 4.39 Å². The summed E-state index contributed by atoms with van der Waals surface area (Å²) in [6.07, 6.45) is 3.11. The van der Waals surface area contributed by atoms with Crippen LogP contribution in [0.2, 0.25) is 0 Å². The topological polar surface area (TPSA) is 62.7 Å². The third-order valence-electron chi connectivity index (χ3n) is 3.25. The highest BCUT2D eigenvalue weighted by Gasteiger charge is 2.01. The second-order valence-corrected chi connectivity index (χ2v) is 6.28. The van der Waals surface area contributed by atoms with Crippen molar-refractivity contribution in [2.24, 2.45) is 4.99 Å². The number of hydrogen-bond acceptors (Lipinski definition) is 4. The zero-order valence-corrected chi connectivity index (χ0v) is 17.9. The number of ether oxygens (including phenoxy) is 1. The normalized spacial score (nSPS) is 10.8. The number of methoxy groups -OCH3 is 1. The zero-order valence-electron chi connectivity index (χ0n) is 14.7. The molecule has 142 valence electrons. The van der Waals surface area contributed by atoms with Crippen LogP contribution in [-0.4, -0.2) is 44.9 Å². The number of aliphatic imine (C=N–C) groups is 1. The summed E-state index contributed by atoms with van der Waals surface area (Å²) in [4.78, 5) is 16.2. The van der Waals surface area contributed by atoms with Crippen molar-refractivity contribution in [1.29, 1.82) is 0 Å². The van der Waals surface area contributed by atoms with Crippen molar-refractivity contribution in [2.45, 2.75) is 30.6 Å². The molecule has 0 heterocycles. The molecule has 8 heteroatoms. The first kappa shape index (κ1) is 24.0. The standard InChI is InChI=1S/C17H26FN3O2S.HI/c1-19-17(20-11-4-3-6-16(22)23-2)21-12-5-13-24-15-9-7-14(18)8-10-15;/h7-10H,3-6,11-13H2,1-2H3,(H2,19,20,21);1H. The van der Waals surface area contributed by atoms with E-state index in [4.69, 9.17) is 0 Å². The van der Waals surface area contributed by atoms with Crippen LogP contribution >= 0.6 is 35.7 Å². The summed E-state index contributed by atoms with van der Waals surface area (Å²) >= 11 is 1.71. The quantitative estimate of drug-likeness (QED) is 0.133. The summed E-state index contributed by atoms with van der Waals surface area (Å²) in [7, 11) is 3.14. The van der Waals surface area contributed by atoms with Gasteiger partial charge in [0.05, 0.1) is 7.11 Å². The summed E-state index contributed by atoms with van der Waals surface area (Å²) < 4.78 is 17.4. The molecule has 0 fully saturated rings. The first-order chi connectivity index (χ1) is 11.7. The highest BCUT2D eigenvalue weighted by atomic mass is 127. The number of nitrogens with one attached hydrogen (secondary N) is 2. The summed E-state index contributed by atoms with van der Waals surface area (Å²) in [6.45, 7) is 1.58. The van der Waals surface area contributed by atoms with Gasteiger partial charge < -0.3 is 15.4 Å². The molecule has 0 saturated heterocycles. The fraction of sp³-hybridized carbons (Fsp3) is 0.529. The van der Waals surface area contributed by atoms with E-state index in [9.17, 15) is 9.18 Å². The molecule has 1 aromatic rings. The number of hydrogen-bond donors (Lipinski definition) is 2. The van der Waals surface area contributed by atoms with Crippen LogP contribution in [0.4, 0.5) is 4.39 Å². The molecule has 1 aromatic carbocycles. The lowest BCUT2D eigenvalue weighted by Gasteiger charge is -2.11. The van der Waals surface area contributed by atoms with Crippen LogP contribution in [0, 0.1) is 5.82 Å². The smallest absolute Gasteiger partial charge is 0.305 e. The molecule has 1 rings (SSSR count). The Balaban J connectivity index is 0.00000576. The van der Waals surface area contributed by atoms with E-state index < -0.39 is 0 Å². The molecule has 0 amide bonds. The Labute approximate surface area is 170 Å². The Kier molecular flexibility index (Phi) is 14.6. The molecule has 5 nitrogen and oxygen atoms in total. The number of rotatable bonds is 10. The van der Waals surface area contributed by atoms with Gasteiger partial charge in [-0.15, -0.1) is 35.7 Å². The number of halogens is 2. The average molecular weight is 483 g/mol. The lowest BCUT2D eigenvalue weighted by Crippen LogP contribution is -2.38. The summed E-state index contributed by atoms with van der Waals surface area (Å²) in [5.41, 5.74) is 0. The SMILES string of the molecule is CN=C(NCCCCC(=O)OC)NCCCSc1ccc(F)cc1.I. The van der Waals surface area contributed by atoms with E-state index in [0.29, 0.717) is 6.42 Å². The van der Waals surface area contributed by atoms with Gasteiger partial charge in [0.1, 0.15) is 5.82 Å². The van der Waals surface area contributed by atoms with Gasteiger partial charge in [0.2, 0.25) is 0 Å². The van der Waals surface area contributed by atoms with Crippen LogP contribution in [0.5, 0.6) is 0 Å². The number of thioether (sulfide) groups is 1. The average Bonchev–Trinajstić information content (AvgIpc) is 2.60. The molecule has 25 heavy (non-hydrogen) atoms. The number of unbranched alkanes of at least 4 members (excludes halogenated alkanes) is 1. The first-order valence-corrected chi connectivity index (χ1v) is 9.04. The van der Waals surface area contributed by atoms with Crippen LogP contribution in [-0.2, 0) is 9.53 Å². The maximum Gasteiger partial charge on any atom is 0.305 e. The van der Waals surface area contributed by atoms with Crippen molar-refractivity contribution in [3.63, 3.8) is 0 Å². The fourth-order valence-electron chi connectivity index (χ4n) is 1.92. The number of carbonyl (C=O) groups excluding carboxylic acids is 1. The van der Waals surface area contributed by atoms with E-state index in [1.165, 1.54) is 19.2 Å². The van der Waals surface area contributed by atoms with Crippen molar-refractivity contribution in [3.05, 3.63) is 30.1 Å². The minimum Gasteiger partial charge on any atom is -0.469 e. The highest BCUT2D eigenvalue weighted by molar-refractivity contribution is 14.0. The van der Waals surface area contributed by atoms with E-state index >= 15 is 0 Å². The molecule has 0 saturated carbocycles. The third kappa shape index (κ3) is 12.0. The van der Waals surface area contributed by atoms with Gasteiger partial charge in [0.25, 0.3) is 0 Å². The molecule has 2 N–H and O–H groups in total. The van der Waals surface area contributed by atoms with E-state index in [2.05, 4.69) is 20.4 Å². The van der Waals surface area contributed by atoms with Gasteiger partial charge in [-0.05, 0) is 49.3 Å². The van der Waals surface area contributed by atoms with Crippen molar-refractivity contribution < 1.29 is 13.9 Å². The Morgan fingerprint density at radius 2 is 1.80 bits per heavy atom. The fourth-order valence-corrected chi connectivity index (χ4v) is 2.78. The van der Waals surface area contributed by atoms with Gasteiger partial charge in [0.15, 0.2) is 5.96 Å². The van der Waals surface area contributed by atoms with Gasteiger partial charge >= 0.3 is 5.97 Å². The number of guanidine groups is 1. The van der Waals surface area contributed by atoms with Crippen molar-refractivity contribution in [1.82, 2.24) is 10.6 Å². The minimum atomic E-state index is -0.206. The minimum absolute atomic E-state index is 0. The molecule has 0 radical (unpaired) electrons. The Bertz CT molecular complexity index is 515. The van der Waals surface area contributed by atoms with Crippen molar-refractivity contribution in [3.8, 4) is 0 Å². The molecule has 0 aromatic heterocycles. The second kappa shape index (κ2) is 15.2. The third-order valence-corrected chi connectivity index (χ3v) is 4.35. The molecule has 0 aliphatic heterocycles. The zero-order chi connectivity index (χ0) is 17.6. The maximum absolute atomic E-state index is 12.8. The Hall–Kier alpha value is -1.03. The molecule has 0 unspecified atom stereocenters. The van der Waals surface area contributed by atoms with E-state index in [-0.39, 0.29) is 35.8 Å². The van der Waals surface area contributed by atoms with Gasteiger partial charge in [0, 0.05) is 31.5 Å². The molecule has 0 aliphatic rings. The second-order valence-electron chi connectivity index (χ2n) is 5.11. The predicted molar refractivity (Wildman–Crippen MR) is 112 cm³/mol. The largest absolute Gasteiger partial charge is 0.469 e. The predicted octanol–water partition coefficient (Wildman–Crippen LogP) is 3.43. The molecule has 0 aliphatic carbocycles. The van der Waals surface area contributed by atoms with Crippen LogP contribution < -0.4 is 10.6 Å². The van der Waals surface area contributed by atoms with Gasteiger partial charge in [-0.3, -0.25) is 9.79 Å². The molecule has 0 bridgehead atoms. The highest BCUT2D eigenvalue weighted by Crippen LogP contribution is 2.18. The first-order valence-electron chi connectivity index (χ1n) is 8.05. The van der Waals surface area contributed by atoms with E-state index in [1.54, 1.807) is 30.9 Å². The van der Waals surface area contributed by atoms with Crippen molar-refractivity contribution >= 4 is 47.7 Å². The lowest BCUT2D eigenvalue weighted by atomic mass is 10.2. The van der Waals surface area contributed by atoms with E-state index in [1.807, 2.05) is 0 Å². The maximum atomic E-state index is 12.8. The molecule has 0 atom stereocenters. The van der Waals surface area contributed by atoms with Gasteiger partial charge in [-0.2, -0.15) is 0 Å². The number of nitrogens with zero attached hydrogens (tertiary/aromatic N) is 1. The Morgan fingerprint density at radius 1 is 1.16 bits per heavy atom. The van der Waals surface area contributed by atoms with Crippen LogP contribution in [0.15, 0.2) is 34.2 Å². The van der Waals surface area contributed by atoms with Crippen LogP contribution in [0.25, 0.3) is 0 Å². The summed E-state index contributed by atoms with van der Waals surface area (Å²) in [5, 5.41) is 6.46. The van der Waals surface area contributed by atoms with Crippen molar-refractivity contribution in [2.75, 3.05) is 33.0 Å². The van der Waals surface area contributed by atoms with Gasteiger partial charge in [-0.1, -0.05) is 0 Å². The lowest BCUT2D eigenvalue weighted by molar-refractivity contribution is -0.140. The Morgan fingerprint density at radius 3 is 2.40 bits per heavy atom. The number of benzene rings is 1. The van der Waals surface area contributed by atoms with Crippen LogP contribution in [0.3, 0.4) is 0 Å². The van der Waals surface area contributed by atoms with E-state index in [0.717, 1.165) is 49.0 Å². The monoisotopic (exact) mass is 483 g/mol. The summed E-state index contributed by atoms with van der Waals surface area (Å²) in [5.74, 6) is 1.34.